The zero-order valence-electron chi connectivity index (χ0n) is 15.0. The second-order valence-corrected chi connectivity index (χ2v) is 7.51. The first-order chi connectivity index (χ1) is 13.3. The van der Waals surface area contributed by atoms with Crippen molar-refractivity contribution in [1.82, 2.24) is 4.98 Å². The summed E-state index contributed by atoms with van der Waals surface area (Å²) in [5, 5.41) is 2.90. The molecule has 2 aromatic carbocycles. The quantitative estimate of drug-likeness (QED) is 0.365. The summed E-state index contributed by atoms with van der Waals surface area (Å²) >= 11 is 3.40. The molecule has 0 atom stereocenters. The van der Waals surface area contributed by atoms with Crippen molar-refractivity contribution in [2.75, 3.05) is 5.32 Å². The molecule has 1 N–H and O–H groups in total. The highest BCUT2D eigenvalue weighted by molar-refractivity contribution is 9.10. The van der Waals surface area contributed by atoms with E-state index < -0.39 is 17.7 Å². The first-order valence-electron chi connectivity index (χ1n) is 8.41. The number of esters is 2. The van der Waals surface area contributed by atoms with Crippen molar-refractivity contribution in [1.29, 1.82) is 0 Å². The van der Waals surface area contributed by atoms with Gasteiger partial charge in [0.05, 0.1) is 0 Å². The summed E-state index contributed by atoms with van der Waals surface area (Å²) in [6.07, 6.45) is 1.26. The van der Waals surface area contributed by atoms with Gasteiger partial charge < -0.3 is 19.2 Å². The van der Waals surface area contributed by atoms with Crippen molar-refractivity contribution >= 4 is 44.7 Å². The van der Waals surface area contributed by atoms with Gasteiger partial charge in [-0.25, -0.2) is 14.6 Å². The molecule has 0 unspecified atom stereocenters. The number of fused-ring (bicyclic) bond motifs is 1. The van der Waals surface area contributed by atoms with Crippen LogP contribution in [-0.2, 0) is 19.1 Å². The Kier molecular flexibility index (Phi) is 4.43. The summed E-state index contributed by atoms with van der Waals surface area (Å²) in [4.78, 5) is 28.4. The van der Waals surface area contributed by atoms with Gasteiger partial charge in [0.15, 0.2) is 11.2 Å². The third kappa shape index (κ3) is 3.63. The molecule has 1 aliphatic rings. The Morgan fingerprint density at radius 1 is 1.04 bits per heavy atom. The highest BCUT2D eigenvalue weighted by Gasteiger charge is 2.38. The van der Waals surface area contributed by atoms with E-state index in [2.05, 4.69) is 26.2 Å². The van der Waals surface area contributed by atoms with Gasteiger partial charge in [0.2, 0.25) is 5.89 Å². The Labute approximate surface area is 168 Å². The lowest BCUT2D eigenvalue weighted by atomic mass is 10.2. The number of halogens is 1. The number of nitrogens with zero attached hydrogens (tertiary/aromatic N) is 1. The van der Waals surface area contributed by atoms with Crippen molar-refractivity contribution in [3.05, 3.63) is 58.7 Å². The fourth-order valence-corrected chi connectivity index (χ4v) is 2.93. The Morgan fingerprint density at radius 3 is 2.39 bits per heavy atom. The van der Waals surface area contributed by atoms with Crippen LogP contribution in [0.1, 0.15) is 13.8 Å². The van der Waals surface area contributed by atoms with Gasteiger partial charge in [-0.15, -0.1) is 0 Å². The van der Waals surface area contributed by atoms with Crippen molar-refractivity contribution < 1.29 is 23.5 Å². The molecular formula is C20H15BrN2O5. The molecule has 142 valence electrons. The maximum Gasteiger partial charge on any atom is 0.350 e. The van der Waals surface area contributed by atoms with Gasteiger partial charge in [-0.3, -0.25) is 0 Å². The van der Waals surface area contributed by atoms with Gasteiger partial charge in [0.25, 0.3) is 5.79 Å². The highest BCUT2D eigenvalue weighted by atomic mass is 79.9. The van der Waals surface area contributed by atoms with Crippen molar-refractivity contribution in [3.8, 4) is 11.5 Å². The molecule has 1 aromatic heterocycles. The molecule has 1 saturated heterocycles. The normalized spacial score (nSPS) is 15.9. The molecule has 0 aliphatic carbocycles. The fourth-order valence-electron chi connectivity index (χ4n) is 2.67. The molecule has 3 aromatic rings. The summed E-state index contributed by atoms with van der Waals surface area (Å²) in [6, 6.07) is 12.9. The molecule has 4 rings (SSSR count). The standard InChI is InChI=1S/C20H15BrN2O5/c1-20(2)27-18(24)14(19(25)28-20)10-22-13-7-8-16-15(9-13)23-17(26-16)11-3-5-12(21)6-4-11/h3-10,22H,1-2H3. The van der Waals surface area contributed by atoms with E-state index in [-0.39, 0.29) is 5.57 Å². The average Bonchev–Trinajstić information content (AvgIpc) is 3.04. The largest absolute Gasteiger partial charge is 0.436 e. The number of anilines is 1. The van der Waals surface area contributed by atoms with Crippen LogP contribution in [0.25, 0.3) is 22.6 Å². The number of rotatable bonds is 3. The zero-order chi connectivity index (χ0) is 19.9. The van der Waals surface area contributed by atoms with Gasteiger partial charge in [0.1, 0.15) is 5.52 Å². The summed E-state index contributed by atoms with van der Waals surface area (Å²) in [5.41, 5.74) is 2.52. The Hall–Kier alpha value is -3.13. The van der Waals surface area contributed by atoms with Crippen LogP contribution in [-0.4, -0.2) is 22.7 Å². The molecule has 7 nitrogen and oxygen atoms in total. The lowest BCUT2D eigenvalue weighted by Crippen LogP contribution is -2.42. The van der Waals surface area contributed by atoms with E-state index in [0.717, 1.165) is 10.0 Å². The Morgan fingerprint density at radius 2 is 1.71 bits per heavy atom. The third-order valence-electron chi connectivity index (χ3n) is 3.98. The number of hydrogen-bond donors (Lipinski definition) is 1. The molecule has 0 saturated carbocycles. The number of hydrogen-bond acceptors (Lipinski definition) is 7. The van der Waals surface area contributed by atoms with E-state index in [1.54, 1.807) is 18.2 Å². The zero-order valence-corrected chi connectivity index (χ0v) is 16.6. The van der Waals surface area contributed by atoms with Crippen LogP contribution in [0.15, 0.2) is 63.1 Å². The molecule has 0 radical (unpaired) electrons. The smallest absolute Gasteiger partial charge is 0.350 e. The van der Waals surface area contributed by atoms with Crippen LogP contribution in [0, 0.1) is 0 Å². The maximum absolute atomic E-state index is 12.0. The lowest BCUT2D eigenvalue weighted by molar-refractivity contribution is -0.222. The van der Waals surface area contributed by atoms with E-state index in [4.69, 9.17) is 13.9 Å². The fraction of sp³-hybridized carbons (Fsp3) is 0.150. The monoisotopic (exact) mass is 442 g/mol. The van der Waals surface area contributed by atoms with Crippen molar-refractivity contribution in [2.24, 2.45) is 0 Å². The molecule has 28 heavy (non-hydrogen) atoms. The molecule has 8 heteroatoms. The summed E-state index contributed by atoms with van der Waals surface area (Å²) < 4.78 is 16.9. The van der Waals surface area contributed by atoms with E-state index >= 15 is 0 Å². The molecule has 1 fully saturated rings. The first kappa shape index (κ1) is 18.2. The van der Waals surface area contributed by atoms with Gasteiger partial charge in [-0.2, -0.15) is 0 Å². The van der Waals surface area contributed by atoms with Crippen LogP contribution in [0.4, 0.5) is 5.69 Å². The molecular weight excluding hydrogens is 428 g/mol. The van der Waals surface area contributed by atoms with E-state index in [0.29, 0.717) is 22.7 Å². The topological polar surface area (TPSA) is 90.7 Å². The van der Waals surface area contributed by atoms with Crippen LogP contribution < -0.4 is 5.32 Å². The first-order valence-corrected chi connectivity index (χ1v) is 9.20. The number of nitrogens with one attached hydrogen (secondary N) is 1. The number of carbonyl (C=O) groups is 2. The molecule has 2 heterocycles. The molecule has 0 amide bonds. The minimum atomic E-state index is -1.27. The Bertz CT molecular complexity index is 1090. The second kappa shape index (κ2) is 6.79. The van der Waals surface area contributed by atoms with E-state index in [1.807, 2.05) is 24.3 Å². The second-order valence-electron chi connectivity index (χ2n) is 6.59. The minimum Gasteiger partial charge on any atom is -0.436 e. The van der Waals surface area contributed by atoms with Gasteiger partial charge in [-0.05, 0) is 42.5 Å². The predicted octanol–water partition coefficient (Wildman–Crippen LogP) is 4.39. The predicted molar refractivity (Wildman–Crippen MR) is 105 cm³/mol. The average molecular weight is 443 g/mol. The molecule has 0 spiro atoms. The SMILES string of the molecule is CC1(C)OC(=O)C(=CNc2ccc3oc(-c4ccc(Br)cc4)nc3c2)C(=O)O1. The van der Waals surface area contributed by atoms with Crippen LogP contribution in [0.3, 0.4) is 0 Å². The maximum atomic E-state index is 12.0. The summed E-state index contributed by atoms with van der Waals surface area (Å²) in [5.74, 6) is -2.25. The lowest BCUT2D eigenvalue weighted by Gasteiger charge is -2.29. The number of benzene rings is 2. The Balaban J connectivity index is 1.57. The van der Waals surface area contributed by atoms with Gasteiger partial charge in [-0.1, -0.05) is 15.9 Å². The third-order valence-corrected chi connectivity index (χ3v) is 4.51. The van der Waals surface area contributed by atoms with Crippen LogP contribution in [0.5, 0.6) is 0 Å². The number of cyclic esters (lactones) is 2. The number of oxazole rings is 1. The number of aromatic nitrogens is 1. The summed E-state index contributed by atoms with van der Waals surface area (Å²) in [6.45, 7) is 2.99. The van der Waals surface area contributed by atoms with Gasteiger partial charge >= 0.3 is 11.9 Å². The molecule has 0 bridgehead atoms. The van der Waals surface area contributed by atoms with E-state index in [1.165, 1.54) is 20.0 Å². The number of carbonyl (C=O) groups excluding carboxylic acids is 2. The van der Waals surface area contributed by atoms with Crippen molar-refractivity contribution in [2.45, 2.75) is 19.6 Å². The van der Waals surface area contributed by atoms with Crippen LogP contribution in [0.2, 0.25) is 0 Å². The highest BCUT2D eigenvalue weighted by Crippen LogP contribution is 2.28. The van der Waals surface area contributed by atoms with Gasteiger partial charge in [0, 0.05) is 35.8 Å². The van der Waals surface area contributed by atoms with Crippen LogP contribution >= 0.6 is 15.9 Å². The summed E-state index contributed by atoms with van der Waals surface area (Å²) in [7, 11) is 0. The van der Waals surface area contributed by atoms with Crippen molar-refractivity contribution in [3.63, 3.8) is 0 Å². The molecule has 1 aliphatic heterocycles. The minimum absolute atomic E-state index is 0.213. The van der Waals surface area contributed by atoms with E-state index in [9.17, 15) is 9.59 Å². The number of ether oxygens (including phenoxy) is 2.